The van der Waals surface area contributed by atoms with E-state index in [-0.39, 0.29) is 6.04 Å². The molecule has 0 spiro atoms. The van der Waals surface area contributed by atoms with Crippen molar-refractivity contribution in [3.8, 4) is 0 Å². The Balaban J connectivity index is 1.66. The van der Waals surface area contributed by atoms with E-state index in [0.29, 0.717) is 0 Å². The summed E-state index contributed by atoms with van der Waals surface area (Å²) in [5, 5.41) is 7.67. The molecule has 3 heteroatoms. The van der Waals surface area contributed by atoms with Crippen molar-refractivity contribution in [3.05, 3.63) is 107 Å². The molecule has 0 aromatic heterocycles. The molecule has 0 amide bonds. The molecule has 0 saturated heterocycles. The number of hydrogen-bond acceptors (Lipinski definition) is 2. The molecule has 1 atom stereocenters. The maximum atomic E-state index is 6.21. The topological polar surface area (TPSA) is 15.6 Å². The molecule has 0 aliphatic carbocycles. The Morgan fingerprint density at radius 3 is 2.31 bits per heavy atom. The molecule has 0 bridgehead atoms. The van der Waals surface area contributed by atoms with E-state index >= 15 is 0 Å². The lowest BCUT2D eigenvalue weighted by molar-refractivity contribution is 0.709. The molecule has 0 fully saturated rings. The second-order valence-corrected chi connectivity index (χ2v) is 6.73. The molecule has 0 radical (unpaired) electrons. The molecule has 4 rings (SSSR count). The maximum Gasteiger partial charge on any atom is 0.0831 e. The molecule has 0 unspecified atom stereocenters. The van der Waals surface area contributed by atoms with E-state index in [9.17, 15) is 0 Å². The summed E-state index contributed by atoms with van der Waals surface area (Å²) in [5.41, 5.74) is 4.49. The first kappa shape index (κ1) is 16.6. The summed E-state index contributed by atoms with van der Waals surface area (Å²) < 4.78 is 0. The lowest BCUT2D eigenvalue weighted by Gasteiger charge is -2.24. The largest absolute Gasteiger partial charge is 0.257 e. The van der Waals surface area contributed by atoms with E-state index in [1.165, 1.54) is 11.1 Å². The van der Waals surface area contributed by atoms with Gasteiger partial charge < -0.3 is 0 Å². The average molecular weight is 359 g/mol. The molecule has 1 aliphatic heterocycles. The second kappa shape index (κ2) is 7.59. The van der Waals surface area contributed by atoms with Crippen LogP contribution in [0, 0.1) is 0 Å². The number of benzene rings is 3. The second-order valence-electron chi connectivity index (χ2n) is 6.29. The van der Waals surface area contributed by atoms with Gasteiger partial charge in [0.1, 0.15) is 0 Å². The van der Waals surface area contributed by atoms with E-state index in [0.717, 1.165) is 22.8 Å². The van der Waals surface area contributed by atoms with Crippen LogP contribution in [0.5, 0.6) is 0 Å². The van der Waals surface area contributed by atoms with Gasteiger partial charge in [-0.2, -0.15) is 5.10 Å². The molecule has 128 valence electrons. The van der Waals surface area contributed by atoms with Gasteiger partial charge in [0.25, 0.3) is 0 Å². The van der Waals surface area contributed by atoms with Crippen LogP contribution < -0.4 is 5.01 Å². The average Bonchev–Trinajstić information content (AvgIpc) is 3.12. The Hall–Kier alpha value is -2.84. The van der Waals surface area contributed by atoms with Crippen LogP contribution in [-0.2, 0) is 0 Å². The Labute approximate surface area is 159 Å². The Bertz CT molecular complexity index is 933. The van der Waals surface area contributed by atoms with Gasteiger partial charge in [-0.15, -0.1) is 0 Å². The van der Waals surface area contributed by atoms with Crippen LogP contribution in [0.15, 0.2) is 96.1 Å². The van der Waals surface area contributed by atoms with Crippen molar-refractivity contribution in [2.45, 2.75) is 12.5 Å². The predicted octanol–water partition coefficient (Wildman–Crippen LogP) is 6.36. The third-order valence-electron chi connectivity index (χ3n) is 4.46. The third kappa shape index (κ3) is 3.71. The van der Waals surface area contributed by atoms with Crippen molar-refractivity contribution >= 4 is 29.1 Å². The molecule has 1 heterocycles. The van der Waals surface area contributed by atoms with Crippen LogP contribution in [0.4, 0.5) is 5.69 Å². The van der Waals surface area contributed by atoms with Gasteiger partial charge in [0.15, 0.2) is 0 Å². The summed E-state index contributed by atoms with van der Waals surface area (Å²) in [6, 6.07) is 28.8. The third-order valence-corrected chi connectivity index (χ3v) is 4.69. The first-order chi connectivity index (χ1) is 12.8. The highest BCUT2D eigenvalue weighted by Gasteiger charge is 2.28. The van der Waals surface area contributed by atoms with Crippen LogP contribution in [0.1, 0.15) is 23.6 Å². The van der Waals surface area contributed by atoms with E-state index in [4.69, 9.17) is 16.7 Å². The fourth-order valence-corrected chi connectivity index (χ4v) is 3.37. The Morgan fingerprint density at radius 2 is 1.58 bits per heavy atom. The van der Waals surface area contributed by atoms with Gasteiger partial charge in [0.05, 0.1) is 17.4 Å². The highest BCUT2D eigenvalue weighted by molar-refractivity contribution is 6.30. The standard InChI is InChI=1S/C23H19ClN2/c24-20-12-7-13-22(16-20)26-23(19-10-5-2-6-11-19)17-21(25-26)15-14-18-8-3-1-4-9-18/h1-16,23H,17H2/b15-14+/t23-/m1/s1. The quantitative estimate of drug-likeness (QED) is 0.529. The molecule has 0 saturated carbocycles. The molecule has 1 aliphatic rings. The van der Waals surface area contributed by atoms with Gasteiger partial charge in [-0.05, 0) is 35.4 Å². The number of halogens is 1. The lowest BCUT2D eigenvalue weighted by Crippen LogP contribution is -2.18. The lowest BCUT2D eigenvalue weighted by atomic mass is 10.0. The highest BCUT2D eigenvalue weighted by atomic mass is 35.5. The number of nitrogens with zero attached hydrogens (tertiary/aromatic N) is 2. The van der Waals surface area contributed by atoms with Gasteiger partial charge in [-0.3, -0.25) is 5.01 Å². The van der Waals surface area contributed by atoms with Crippen LogP contribution >= 0.6 is 11.6 Å². The number of hydrazone groups is 1. The van der Waals surface area contributed by atoms with Crippen molar-refractivity contribution in [3.63, 3.8) is 0 Å². The van der Waals surface area contributed by atoms with E-state index < -0.39 is 0 Å². The predicted molar refractivity (Wildman–Crippen MR) is 111 cm³/mol. The molecular weight excluding hydrogens is 340 g/mol. The van der Waals surface area contributed by atoms with E-state index in [1.807, 2.05) is 42.5 Å². The maximum absolute atomic E-state index is 6.21. The SMILES string of the molecule is Clc1cccc(N2N=C(/C=C/c3ccccc3)C[C@@H]2c2ccccc2)c1. The van der Waals surface area contributed by atoms with Crippen molar-refractivity contribution < 1.29 is 0 Å². The van der Waals surface area contributed by atoms with Crippen LogP contribution in [0.3, 0.4) is 0 Å². The minimum atomic E-state index is 0.171. The molecule has 2 nitrogen and oxygen atoms in total. The Morgan fingerprint density at radius 1 is 0.846 bits per heavy atom. The highest BCUT2D eigenvalue weighted by Crippen LogP contribution is 2.36. The van der Waals surface area contributed by atoms with Crippen LogP contribution in [-0.4, -0.2) is 5.71 Å². The van der Waals surface area contributed by atoms with Crippen molar-refractivity contribution in [2.24, 2.45) is 5.10 Å². The fourth-order valence-electron chi connectivity index (χ4n) is 3.18. The zero-order chi connectivity index (χ0) is 17.8. The number of allylic oxidation sites excluding steroid dienone is 1. The first-order valence-electron chi connectivity index (χ1n) is 8.70. The van der Waals surface area contributed by atoms with Crippen LogP contribution in [0.2, 0.25) is 5.02 Å². The van der Waals surface area contributed by atoms with E-state index in [2.05, 4.69) is 59.6 Å². The summed E-state index contributed by atoms with van der Waals surface area (Å²) in [4.78, 5) is 0. The summed E-state index contributed by atoms with van der Waals surface area (Å²) in [6.45, 7) is 0. The number of hydrogen-bond donors (Lipinski definition) is 0. The monoisotopic (exact) mass is 358 g/mol. The summed E-state index contributed by atoms with van der Waals surface area (Å²) in [5.74, 6) is 0. The summed E-state index contributed by atoms with van der Waals surface area (Å²) in [7, 11) is 0. The normalized spacial score (nSPS) is 16.9. The zero-order valence-electron chi connectivity index (χ0n) is 14.3. The number of anilines is 1. The number of rotatable bonds is 4. The van der Waals surface area contributed by atoms with Crippen molar-refractivity contribution in [2.75, 3.05) is 5.01 Å². The molecule has 3 aromatic rings. The minimum Gasteiger partial charge on any atom is -0.257 e. The van der Waals surface area contributed by atoms with Gasteiger partial charge >= 0.3 is 0 Å². The fraction of sp³-hybridized carbons (Fsp3) is 0.0870. The van der Waals surface area contributed by atoms with Gasteiger partial charge in [-0.25, -0.2) is 0 Å². The first-order valence-corrected chi connectivity index (χ1v) is 9.08. The summed E-state index contributed by atoms with van der Waals surface area (Å²) in [6.07, 6.45) is 5.08. The van der Waals surface area contributed by atoms with Crippen LogP contribution in [0.25, 0.3) is 6.08 Å². The van der Waals surface area contributed by atoms with Crippen molar-refractivity contribution in [1.29, 1.82) is 0 Å². The molecular formula is C23H19ClN2. The molecule has 0 N–H and O–H groups in total. The van der Waals surface area contributed by atoms with Gasteiger partial charge in [-0.1, -0.05) is 84.4 Å². The van der Waals surface area contributed by atoms with Gasteiger partial charge in [0, 0.05) is 11.4 Å². The zero-order valence-corrected chi connectivity index (χ0v) is 15.1. The summed E-state index contributed by atoms with van der Waals surface area (Å²) >= 11 is 6.21. The van der Waals surface area contributed by atoms with Crippen molar-refractivity contribution in [1.82, 2.24) is 0 Å². The molecule has 26 heavy (non-hydrogen) atoms. The van der Waals surface area contributed by atoms with E-state index in [1.54, 1.807) is 0 Å². The Kier molecular flexibility index (Phi) is 4.85. The molecule has 3 aromatic carbocycles. The van der Waals surface area contributed by atoms with Gasteiger partial charge in [0.2, 0.25) is 0 Å². The minimum absolute atomic E-state index is 0.171. The smallest absolute Gasteiger partial charge is 0.0831 e.